The lowest BCUT2D eigenvalue weighted by molar-refractivity contribution is -0.166. The van der Waals surface area contributed by atoms with Crippen molar-refractivity contribution < 1.29 is 51.5 Å². The van der Waals surface area contributed by atoms with Gasteiger partial charge in [0.25, 0.3) is 5.91 Å². The summed E-state index contributed by atoms with van der Waals surface area (Å²) in [5, 5.41) is 18.4. The van der Waals surface area contributed by atoms with Crippen LogP contribution in [0.4, 0.5) is 13.2 Å². The number of aromatic nitrogens is 1. The van der Waals surface area contributed by atoms with E-state index in [1.165, 1.54) is 25.9 Å². The molecular formula is C51H68ClF3N8O8. The number of hydrogen-bond donors (Lipinski definition) is 3. The summed E-state index contributed by atoms with van der Waals surface area (Å²) in [6.07, 6.45) is -7.81. The molecule has 0 radical (unpaired) electrons. The lowest BCUT2D eigenvalue weighted by Gasteiger charge is -2.35. The second kappa shape index (κ2) is 25.3. The molecule has 0 bridgehead atoms. The highest BCUT2D eigenvalue weighted by Crippen LogP contribution is 2.28. The van der Waals surface area contributed by atoms with Gasteiger partial charge in [0.2, 0.25) is 29.5 Å². The van der Waals surface area contributed by atoms with Crippen LogP contribution < -0.4 is 16.0 Å². The topological polar surface area (TPSA) is 203 Å². The summed E-state index contributed by atoms with van der Waals surface area (Å²) < 4.78 is 50.1. The van der Waals surface area contributed by atoms with Crippen LogP contribution in [0.2, 0.25) is 5.02 Å². The molecule has 2 aromatic carbocycles. The monoisotopic (exact) mass is 1010 g/mol. The molecule has 0 aliphatic carbocycles. The number of carbonyl (C=O) groups is 7. The first kappa shape index (κ1) is 57.4. The van der Waals surface area contributed by atoms with Gasteiger partial charge in [-0.25, -0.2) is 4.79 Å². The highest BCUT2D eigenvalue weighted by atomic mass is 35.5. The van der Waals surface area contributed by atoms with Crippen molar-refractivity contribution in [1.29, 1.82) is 5.26 Å². The van der Waals surface area contributed by atoms with Gasteiger partial charge in [0.15, 0.2) is 6.10 Å². The van der Waals surface area contributed by atoms with E-state index >= 15 is 9.59 Å². The number of ether oxygens (including phenoxy) is 1. The minimum atomic E-state index is -5.02. The van der Waals surface area contributed by atoms with E-state index in [2.05, 4.69) is 16.0 Å². The highest BCUT2D eigenvalue weighted by Gasteiger charge is 2.43. The van der Waals surface area contributed by atoms with Crippen LogP contribution in [-0.4, -0.2) is 130 Å². The van der Waals surface area contributed by atoms with Gasteiger partial charge in [-0.3, -0.25) is 28.8 Å². The molecule has 2 heterocycles. The SMILES string of the molecule is CC(C)C[C@@H]1NC(=O)[C@H](Cc2cn(Cc3ccc(Cl)cc3)c3ccccc23)N(C)C(=O)[C@H](CC(C)C)NC(=O)[C@H](CC(C)C)N(C)C(=O)[C@H](CC(F)(F)F)NC(=O)[C@@H](CCC#N)OC(=O)[C@H](C)N(C)C1=O. The molecule has 1 aliphatic heterocycles. The van der Waals surface area contributed by atoms with E-state index in [0.29, 0.717) is 17.1 Å². The average Bonchev–Trinajstić information content (AvgIpc) is 3.64. The number of benzene rings is 2. The van der Waals surface area contributed by atoms with E-state index in [4.69, 9.17) is 16.3 Å². The Balaban J connectivity index is 1.93. The highest BCUT2D eigenvalue weighted by molar-refractivity contribution is 6.30. The number of carbonyl (C=O) groups excluding carboxylic acids is 7. The van der Waals surface area contributed by atoms with Crippen molar-refractivity contribution in [2.24, 2.45) is 17.8 Å². The molecule has 0 saturated carbocycles. The molecule has 4 rings (SSSR count). The summed E-state index contributed by atoms with van der Waals surface area (Å²) >= 11 is 6.18. The Kier molecular flexibility index (Phi) is 20.5. The van der Waals surface area contributed by atoms with Gasteiger partial charge in [-0.1, -0.05) is 83.5 Å². The van der Waals surface area contributed by atoms with E-state index in [0.717, 1.165) is 33.3 Å². The summed E-state index contributed by atoms with van der Waals surface area (Å²) in [7, 11) is 3.80. The largest absolute Gasteiger partial charge is 0.451 e. The number of likely N-dealkylation sites (N-methyl/N-ethyl adjacent to an activating group) is 3. The molecule has 1 aliphatic rings. The van der Waals surface area contributed by atoms with Crippen LogP contribution in [0.5, 0.6) is 0 Å². The van der Waals surface area contributed by atoms with Gasteiger partial charge >= 0.3 is 12.1 Å². The first-order valence-electron chi connectivity index (χ1n) is 23.9. The van der Waals surface area contributed by atoms with Crippen LogP contribution in [0.15, 0.2) is 54.7 Å². The van der Waals surface area contributed by atoms with Crippen molar-refractivity contribution >= 4 is 63.9 Å². The number of nitrogens with zero attached hydrogens (tertiary/aromatic N) is 5. The third kappa shape index (κ3) is 15.9. The van der Waals surface area contributed by atoms with Gasteiger partial charge in [-0.05, 0) is 73.3 Å². The van der Waals surface area contributed by atoms with Gasteiger partial charge in [0.05, 0.1) is 12.5 Å². The van der Waals surface area contributed by atoms with Crippen LogP contribution in [0.1, 0.15) is 98.1 Å². The van der Waals surface area contributed by atoms with Gasteiger partial charge in [-0.2, -0.15) is 18.4 Å². The van der Waals surface area contributed by atoms with E-state index < -0.39 is 103 Å². The van der Waals surface area contributed by atoms with Crippen LogP contribution in [-0.2, 0) is 51.3 Å². The minimum Gasteiger partial charge on any atom is -0.451 e. The zero-order chi connectivity index (χ0) is 53.1. The smallest absolute Gasteiger partial charge is 0.391 e. The molecule has 71 heavy (non-hydrogen) atoms. The molecule has 0 spiro atoms. The molecule has 1 saturated heterocycles. The normalized spacial score (nSPS) is 23.2. The fraction of sp³-hybridized carbons (Fsp3) is 0.569. The summed E-state index contributed by atoms with van der Waals surface area (Å²) in [5.74, 6) is -7.61. The second-order valence-electron chi connectivity index (χ2n) is 19.7. The molecule has 16 nitrogen and oxygen atoms in total. The molecule has 1 aromatic heterocycles. The van der Waals surface area contributed by atoms with Crippen molar-refractivity contribution in [1.82, 2.24) is 35.2 Å². The lowest BCUT2D eigenvalue weighted by Crippen LogP contribution is -2.60. The number of alkyl halides is 3. The van der Waals surface area contributed by atoms with Gasteiger partial charge < -0.3 is 40.0 Å². The van der Waals surface area contributed by atoms with Crippen molar-refractivity contribution in [3.05, 3.63) is 70.9 Å². The molecular weight excluding hydrogens is 945 g/mol. The first-order chi connectivity index (χ1) is 33.2. The van der Waals surface area contributed by atoms with E-state index in [9.17, 15) is 42.4 Å². The predicted molar refractivity (Wildman–Crippen MR) is 261 cm³/mol. The Bertz CT molecular complexity index is 2420. The number of hydrogen-bond acceptors (Lipinski definition) is 9. The van der Waals surface area contributed by atoms with E-state index in [-0.39, 0.29) is 49.9 Å². The Labute approximate surface area is 418 Å². The molecule has 3 aromatic rings. The quantitative estimate of drug-likeness (QED) is 0.168. The number of para-hydroxylation sites is 1. The zero-order valence-electron chi connectivity index (χ0n) is 42.1. The number of halogens is 4. The van der Waals surface area contributed by atoms with Crippen molar-refractivity contribution in [2.75, 3.05) is 21.1 Å². The number of nitrogens with one attached hydrogen (secondary N) is 3. The Morgan fingerprint density at radius 2 is 1.21 bits per heavy atom. The summed E-state index contributed by atoms with van der Waals surface area (Å²) in [6.45, 7) is 12.4. The average molecular weight is 1010 g/mol. The number of nitriles is 1. The maximum atomic E-state index is 15.0. The maximum absolute atomic E-state index is 15.0. The van der Waals surface area contributed by atoms with Crippen molar-refractivity contribution in [3.8, 4) is 6.07 Å². The fourth-order valence-corrected chi connectivity index (χ4v) is 8.72. The van der Waals surface area contributed by atoms with Crippen LogP contribution >= 0.6 is 11.6 Å². The number of rotatable bonds is 13. The summed E-state index contributed by atoms with van der Waals surface area (Å²) in [5.41, 5.74) is 2.44. The third-order valence-corrected chi connectivity index (χ3v) is 12.8. The van der Waals surface area contributed by atoms with E-state index in [1.807, 2.05) is 74.9 Å². The van der Waals surface area contributed by atoms with Gasteiger partial charge in [0.1, 0.15) is 36.3 Å². The third-order valence-electron chi connectivity index (χ3n) is 12.5. The predicted octanol–water partition coefficient (Wildman–Crippen LogP) is 6.16. The zero-order valence-corrected chi connectivity index (χ0v) is 42.9. The maximum Gasteiger partial charge on any atom is 0.391 e. The minimum absolute atomic E-state index is 0.0394. The number of fused-ring (bicyclic) bond motifs is 1. The van der Waals surface area contributed by atoms with Crippen molar-refractivity contribution in [2.45, 2.75) is 148 Å². The molecule has 20 heteroatoms. The molecule has 1 fully saturated rings. The molecule has 0 unspecified atom stereocenters. The van der Waals surface area contributed by atoms with Crippen LogP contribution in [0.25, 0.3) is 10.9 Å². The van der Waals surface area contributed by atoms with Crippen molar-refractivity contribution in [3.63, 3.8) is 0 Å². The van der Waals surface area contributed by atoms with E-state index in [1.54, 1.807) is 32.0 Å². The summed E-state index contributed by atoms with van der Waals surface area (Å²) in [6, 6.07) is 7.51. The molecule has 6 amide bonds. The standard InChI is InChI=1S/C51H68ClF3N8O8/c1-29(2)22-37-47(67)60(8)32(7)50(70)71-43(16-13-21-56)46(66)59-39(26-51(53,54)55)49(69)61(9)41(24-31(5)6)44(64)58-38(23-30(3)4)48(68)62(10)42(45(65)57-37)25-34-28-63(40-15-12-11-14-36(34)40)27-33-17-19-35(52)20-18-33/h11-12,14-15,17-20,28-32,37-39,41-43H,13,16,22-27H2,1-10H3,(H,57,65)(H,58,64)(H,59,66)/t32-,37-,38-,39-,41-,42-,43+/m0/s1. The number of cyclic esters (lactones) is 1. The Morgan fingerprint density at radius 1 is 0.704 bits per heavy atom. The number of amides is 6. The van der Waals surface area contributed by atoms with Gasteiger partial charge in [0, 0.05) is 69.1 Å². The first-order valence-corrected chi connectivity index (χ1v) is 24.3. The molecule has 388 valence electrons. The number of esters is 1. The molecule has 7 atom stereocenters. The fourth-order valence-electron chi connectivity index (χ4n) is 8.59. The lowest BCUT2D eigenvalue weighted by atomic mass is 9.97. The second-order valence-corrected chi connectivity index (χ2v) is 20.1. The molecule has 3 N–H and O–H groups in total. The Morgan fingerprint density at radius 3 is 1.76 bits per heavy atom. The summed E-state index contributed by atoms with van der Waals surface area (Å²) in [4.78, 5) is 104. The van der Waals surface area contributed by atoms with Gasteiger partial charge in [-0.15, -0.1) is 0 Å². The Hall–Kier alpha value is -6.16. The van der Waals surface area contributed by atoms with Crippen LogP contribution in [0, 0.1) is 29.1 Å². The van der Waals surface area contributed by atoms with Crippen LogP contribution in [0.3, 0.4) is 0 Å².